The van der Waals surface area contributed by atoms with Gasteiger partial charge in [-0.2, -0.15) is 0 Å². The van der Waals surface area contributed by atoms with E-state index in [0.717, 1.165) is 23.1 Å². The summed E-state index contributed by atoms with van der Waals surface area (Å²) in [7, 11) is 2.88. The van der Waals surface area contributed by atoms with Gasteiger partial charge in [-0.15, -0.1) is 0 Å². The molecule has 3 aromatic carbocycles. The highest BCUT2D eigenvalue weighted by molar-refractivity contribution is 8.15. The molecular formula is C28H26FN3O5S. The van der Waals surface area contributed by atoms with Crippen LogP contribution in [0.1, 0.15) is 22.3 Å². The van der Waals surface area contributed by atoms with Gasteiger partial charge in [0.25, 0.3) is 0 Å². The number of esters is 1. The zero-order chi connectivity index (χ0) is 27.1. The normalized spacial score (nSPS) is 16.3. The Bertz CT molecular complexity index is 1350. The Morgan fingerprint density at radius 2 is 1.76 bits per heavy atom. The molecule has 1 saturated heterocycles. The average Bonchev–Trinajstić information content (AvgIpc) is 2.94. The maximum absolute atomic E-state index is 14.4. The third kappa shape index (κ3) is 6.57. The summed E-state index contributed by atoms with van der Waals surface area (Å²) in [6.07, 6.45) is 0.492. The molecule has 1 aliphatic heterocycles. The molecule has 10 heteroatoms. The van der Waals surface area contributed by atoms with Crippen molar-refractivity contribution in [1.82, 2.24) is 4.90 Å². The van der Waals surface area contributed by atoms with E-state index in [0.29, 0.717) is 24.2 Å². The van der Waals surface area contributed by atoms with Gasteiger partial charge in [-0.25, -0.2) is 14.2 Å². The first kappa shape index (κ1) is 26.9. The number of carbonyl (C=O) groups excluding carboxylic acids is 3. The van der Waals surface area contributed by atoms with Gasteiger partial charge in [-0.1, -0.05) is 36.0 Å². The molecular weight excluding hydrogens is 509 g/mol. The summed E-state index contributed by atoms with van der Waals surface area (Å²) >= 11 is 1.11. The van der Waals surface area contributed by atoms with Gasteiger partial charge in [-0.3, -0.25) is 14.5 Å². The summed E-state index contributed by atoms with van der Waals surface area (Å²) in [6, 6.07) is 19.8. The van der Waals surface area contributed by atoms with E-state index in [1.54, 1.807) is 31.4 Å². The molecule has 1 N–H and O–H groups in total. The fourth-order valence-electron chi connectivity index (χ4n) is 3.77. The molecule has 1 atom stereocenters. The Labute approximate surface area is 223 Å². The highest BCUT2D eigenvalue weighted by Crippen LogP contribution is 2.31. The van der Waals surface area contributed by atoms with Crippen LogP contribution >= 0.6 is 11.8 Å². The number of nitrogens with one attached hydrogen (secondary N) is 1. The van der Waals surface area contributed by atoms with Crippen molar-refractivity contribution in [3.05, 3.63) is 89.7 Å². The second-order valence-electron chi connectivity index (χ2n) is 8.36. The second-order valence-corrected chi connectivity index (χ2v) is 9.53. The number of halogens is 1. The molecule has 1 aliphatic rings. The number of hydrogen-bond acceptors (Lipinski definition) is 7. The number of thioether (sulfide) groups is 1. The Hall–Kier alpha value is -4.18. The van der Waals surface area contributed by atoms with Gasteiger partial charge in [0.2, 0.25) is 11.8 Å². The molecule has 1 heterocycles. The van der Waals surface area contributed by atoms with Crippen molar-refractivity contribution < 1.29 is 28.2 Å². The molecule has 0 spiro atoms. The number of amidine groups is 1. The van der Waals surface area contributed by atoms with Crippen LogP contribution in [0.25, 0.3) is 0 Å². The van der Waals surface area contributed by atoms with Crippen molar-refractivity contribution in [3.63, 3.8) is 0 Å². The van der Waals surface area contributed by atoms with Gasteiger partial charge >= 0.3 is 5.97 Å². The van der Waals surface area contributed by atoms with Crippen LogP contribution in [0.15, 0.2) is 77.8 Å². The number of aliphatic imine (C=N–C) groups is 1. The number of ether oxygens (including phenoxy) is 2. The largest absolute Gasteiger partial charge is 0.497 e. The minimum Gasteiger partial charge on any atom is -0.497 e. The summed E-state index contributed by atoms with van der Waals surface area (Å²) in [6.45, 7) is 0.314. The lowest BCUT2D eigenvalue weighted by Crippen LogP contribution is -2.46. The van der Waals surface area contributed by atoms with Gasteiger partial charge in [0, 0.05) is 18.7 Å². The molecule has 0 radical (unpaired) electrons. The number of rotatable bonds is 8. The third-order valence-corrected chi connectivity index (χ3v) is 7.05. The Morgan fingerprint density at radius 3 is 2.42 bits per heavy atom. The maximum Gasteiger partial charge on any atom is 0.337 e. The van der Waals surface area contributed by atoms with E-state index in [1.807, 2.05) is 24.3 Å². The first-order valence-corrected chi connectivity index (χ1v) is 12.7. The quantitative estimate of drug-likeness (QED) is 0.415. The molecule has 0 aromatic heterocycles. The number of carbonyl (C=O) groups is 3. The lowest BCUT2D eigenvalue weighted by molar-refractivity contribution is -0.129. The van der Waals surface area contributed by atoms with Crippen LogP contribution in [-0.4, -0.2) is 53.9 Å². The van der Waals surface area contributed by atoms with Crippen molar-refractivity contribution in [2.75, 3.05) is 26.1 Å². The number of methoxy groups -OCH3 is 2. The minimum atomic E-state index is -0.773. The van der Waals surface area contributed by atoms with Gasteiger partial charge in [0.15, 0.2) is 5.17 Å². The molecule has 3 aromatic rings. The predicted octanol–water partition coefficient (Wildman–Crippen LogP) is 4.82. The van der Waals surface area contributed by atoms with Gasteiger partial charge < -0.3 is 14.8 Å². The Kier molecular flexibility index (Phi) is 8.75. The zero-order valence-electron chi connectivity index (χ0n) is 20.8. The van der Waals surface area contributed by atoms with E-state index in [2.05, 4.69) is 15.0 Å². The van der Waals surface area contributed by atoms with E-state index in [9.17, 15) is 18.8 Å². The summed E-state index contributed by atoms with van der Waals surface area (Å²) in [4.78, 5) is 43.8. The van der Waals surface area contributed by atoms with E-state index < -0.39 is 22.9 Å². The fraction of sp³-hybridized carbons (Fsp3) is 0.214. The monoisotopic (exact) mass is 535 g/mol. The highest BCUT2D eigenvalue weighted by Gasteiger charge is 2.36. The molecule has 1 unspecified atom stereocenters. The molecule has 2 amide bonds. The third-order valence-electron chi connectivity index (χ3n) is 5.86. The Morgan fingerprint density at radius 1 is 1.05 bits per heavy atom. The van der Waals surface area contributed by atoms with E-state index in [1.165, 1.54) is 36.3 Å². The van der Waals surface area contributed by atoms with Crippen LogP contribution in [0, 0.1) is 5.82 Å². The lowest BCUT2D eigenvalue weighted by Gasteiger charge is -2.32. The van der Waals surface area contributed by atoms with Gasteiger partial charge in [0.1, 0.15) is 22.5 Å². The van der Waals surface area contributed by atoms with Gasteiger partial charge in [-0.05, 0) is 60.5 Å². The van der Waals surface area contributed by atoms with Crippen molar-refractivity contribution in [2.45, 2.75) is 18.1 Å². The van der Waals surface area contributed by atoms with Crippen LogP contribution in [-0.2, 0) is 20.7 Å². The number of para-hydroxylation sites is 1. The van der Waals surface area contributed by atoms with Crippen LogP contribution in [0.3, 0.4) is 0 Å². The van der Waals surface area contributed by atoms with Gasteiger partial charge in [0.05, 0.1) is 19.8 Å². The van der Waals surface area contributed by atoms with E-state index >= 15 is 0 Å². The molecule has 4 rings (SSSR count). The predicted molar refractivity (Wildman–Crippen MR) is 144 cm³/mol. The minimum absolute atomic E-state index is 0.0460. The number of nitrogens with zero attached hydrogens (tertiary/aromatic N) is 2. The Balaban J connectivity index is 1.52. The first-order valence-electron chi connectivity index (χ1n) is 11.8. The van der Waals surface area contributed by atoms with Crippen molar-refractivity contribution in [3.8, 4) is 5.75 Å². The summed E-state index contributed by atoms with van der Waals surface area (Å²) < 4.78 is 24.3. The first-order chi connectivity index (χ1) is 18.4. The van der Waals surface area contributed by atoms with Crippen LogP contribution in [0.4, 0.5) is 15.8 Å². The number of hydrogen-bond donors (Lipinski definition) is 1. The standard InChI is InChI=1S/C28H26FN3O5S/c1-36-21-13-7-18(8-14-21)15-16-32-25(33)17-24(38-28(32)31-23-6-4-3-5-22(23)29)26(34)30-20-11-9-19(10-12-20)27(35)37-2/h3-14,24H,15-17H2,1-2H3,(H,30,34). The molecule has 196 valence electrons. The number of amides is 2. The van der Waals surface area contributed by atoms with Crippen molar-refractivity contribution >= 4 is 46.1 Å². The zero-order valence-corrected chi connectivity index (χ0v) is 21.7. The summed E-state index contributed by atoms with van der Waals surface area (Å²) in [5.41, 5.74) is 1.88. The number of benzene rings is 3. The van der Waals surface area contributed by atoms with Crippen LogP contribution in [0.5, 0.6) is 5.75 Å². The van der Waals surface area contributed by atoms with E-state index in [4.69, 9.17) is 4.74 Å². The smallest absolute Gasteiger partial charge is 0.337 e. The van der Waals surface area contributed by atoms with Crippen molar-refractivity contribution in [2.24, 2.45) is 4.99 Å². The fourth-order valence-corrected chi connectivity index (χ4v) is 4.89. The SMILES string of the molecule is COC(=O)c1ccc(NC(=O)C2CC(=O)N(CCc3ccc(OC)cc3)C(=Nc3ccccc3F)S2)cc1. The number of anilines is 1. The molecule has 38 heavy (non-hydrogen) atoms. The molecule has 0 bridgehead atoms. The summed E-state index contributed by atoms with van der Waals surface area (Å²) in [5, 5.41) is 2.25. The highest BCUT2D eigenvalue weighted by atomic mass is 32.2. The molecule has 0 aliphatic carbocycles. The molecule has 0 saturated carbocycles. The van der Waals surface area contributed by atoms with Crippen LogP contribution in [0.2, 0.25) is 0 Å². The topological polar surface area (TPSA) is 97.3 Å². The maximum atomic E-state index is 14.4. The van der Waals surface area contributed by atoms with Crippen LogP contribution < -0.4 is 10.1 Å². The van der Waals surface area contributed by atoms with Crippen molar-refractivity contribution in [1.29, 1.82) is 0 Å². The van der Waals surface area contributed by atoms with E-state index in [-0.39, 0.29) is 23.2 Å². The molecule has 8 nitrogen and oxygen atoms in total. The summed E-state index contributed by atoms with van der Waals surface area (Å²) in [5.74, 6) is -0.965. The second kappa shape index (κ2) is 12.4. The molecule has 1 fully saturated rings. The average molecular weight is 536 g/mol. The lowest BCUT2D eigenvalue weighted by atomic mass is 10.1.